The fourth-order valence-corrected chi connectivity index (χ4v) is 3.14. The fourth-order valence-electron chi connectivity index (χ4n) is 3.14. The Labute approximate surface area is 180 Å². The van der Waals surface area contributed by atoms with Crippen molar-refractivity contribution in [2.24, 2.45) is 0 Å². The summed E-state index contributed by atoms with van der Waals surface area (Å²) in [5, 5.41) is 12.2. The van der Waals surface area contributed by atoms with Gasteiger partial charge in [-0.3, -0.25) is 4.79 Å². The molecular weight excluding hydrogens is 394 g/mol. The van der Waals surface area contributed by atoms with Gasteiger partial charge in [0.05, 0.1) is 30.5 Å². The molecule has 1 fully saturated rings. The van der Waals surface area contributed by atoms with Crippen molar-refractivity contribution in [2.45, 2.75) is 0 Å². The van der Waals surface area contributed by atoms with Gasteiger partial charge in [-0.15, -0.1) is 0 Å². The highest BCUT2D eigenvalue weighted by molar-refractivity contribution is 5.77. The zero-order valence-electron chi connectivity index (χ0n) is 16.8. The van der Waals surface area contributed by atoms with Crippen molar-refractivity contribution in [2.75, 3.05) is 38.2 Å². The van der Waals surface area contributed by atoms with E-state index in [1.165, 1.54) is 0 Å². The van der Waals surface area contributed by atoms with Crippen molar-refractivity contribution in [3.63, 3.8) is 0 Å². The minimum atomic E-state index is -0.0452. The minimum absolute atomic E-state index is 0.000305. The number of morpholine rings is 1. The normalized spacial score (nSPS) is 13.3. The molecule has 4 rings (SSSR count). The second-order valence-corrected chi connectivity index (χ2v) is 6.89. The molecule has 0 spiro atoms. The number of nitrogens with zero attached hydrogens (tertiary/aromatic N) is 4. The van der Waals surface area contributed by atoms with Crippen LogP contribution in [-0.2, 0) is 9.53 Å². The van der Waals surface area contributed by atoms with Crippen LogP contribution in [0.25, 0.3) is 11.3 Å². The summed E-state index contributed by atoms with van der Waals surface area (Å²) in [6.07, 6.45) is 1.67. The Hall–Kier alpha value is -3.96. The third-order valence-electron chi connectivity index (χ3n) is 4.78. The van der Waals surface area contributed by atoms with E-state index in [9.17, 15) is 4.79 Å². The highest BCUT2D eigenvalue weighted by atomic mass is 16.5. The molecule has 2 heterocycles. The molecule has 0 atom stereocenters. The van der Waals surface area contributed by atoms with E-state index in [4.69, 9.17) is 14.7 Å². The SMILES string of the molecule is N#Cc1cccc(-c2ccnc(Nc3ccc(OCC(=O)N4CCOCC4)cc3)n2)c1. The summed E-state index contributed by atoms with van der Waals surface area (Å²) in [6.45, 7) is 2.34. The smallest absolute Gasteiger partial charge is 0.260 e. The molecule has 1 aromatic heterocycles. The van der Waals surface area contributed by atoms with Crippen molar-refractivity contribution in [3.05, 3.63) is 66.4 Å². The number of hydrogen-bond donors (Lipinski definition) is 1. The van der Waals surface area contributed by atoms with Gasteiger partial charge in [0.1, 0.15) is 5.75 Å². The predicted octanol–water partition coefficient (Wildman–Crippen LogP) is 3.00. The van der Waals surface area contributed by atoms with Crippen LogP contribution < -0.4 is 10.1 Å². The summed E-state index contributed by atoms with van der Waals surface area (Å²) < 4.78 is 10.9. The first kappa shape index (κ1) is 20.3. The number of hydrogen-bond acceptors (Lipinski definition) is 7. The molecule has 156 valence electrons. The van der Waals surface area contributed by atoms with Crippen molar-refractivity contribution in [3.8, 4) is 23.1 Å². The summed E-state index contributed by atoms with van der Waals surface area (Å²) in [5.74, 6) is 1.00. The molecule has 0 radical (unpaired) electrons. The minimum Gasteiger partial charge on any atom is -0.484 e. The molecule has 0 aliphatic carbocycles. The second kappa shape index (κ2) is 9.69. The van der Waals surface area contributed by atoms with Crippen LogP contribution in [0.5, 0.6) is 5.75 Å². The first-order valence-electron chi connectivity index (χ1n) is 9.90. The highest BCUT2D eigenvalue weighted by Crippen LogP contribution is 2.22. The molecule has 1 amide bonds. The lowest BCUT2D eigenvalue weighted by atomic mass is 10.1. The number of rotatable bonds is 6. The maximum Gasteiger partial charge on any atom is 0.260 e. The molecule has 2 aromatic carbocycles. The molecule has 0 bridgehead atoms. The number of aromatic nitrogens is 2. The van der Waals surface area contributed by atoms with Gasteiger partial charge in [-0.05, 0) is 42.5 Å². The van der Waals surface area contributed by atoms with Crippen LogP contribution in [0.4, 0.5) is 11.6 Å². The van der Waals surface area contributed by atoms with E-state index >= 15 is 0 Å². The summed E-state index contributed by atoms with van der Waals surface area (Å²) in [7, 11) is 0. The number of carbonyl (C=O) groups is 1. The van der Waals surface area contributed by atoms with Gasteiger partial charge >= 0.3 is 0 Å². The third-order valence-corrected chi connectivity index (χ3v) is 4.78. The topological polar surface area (TPSA) is 100 Å². The summed E-state index contributed by atoms with van der Waals surface area (Å²) in [4.78, 5) is 22.7. The van der Waals surface area contributed by atoms with Gasteiger partial charge in [0.25, 0.3) is 5.91 Å². The van der Waals surface area contributed by atoms with Gasteiger partial charge in [-0.2, -0.15) is 5.26 Å². The lowest BCUT2D eigenvalue weighted by Gasteiger charge is -2.26. The van der Waals surface area contributed by atoms with E-state index < -0.39 is 0 Å². The van der Waals surface area contributed by atoms with E-state index in [1.807, 2.05) is 24.3 Å². The highest BCUT2D eigenvalue weighted by Gasteiger charge is 2.17. The molecule has 1 aliphatic heterocycles. The van der Waals surface area contributed by atoms with Crippen molar-refractivity contribution < 1.29 is 14.3 Å². The van der Waals surface area contributed by atoms with Gasteiger partial charge in [-0.1, -0.05) is 12.1 Å². The first-order valence-corrected chi connectivity index (χ1v) is 9.90. The number of anilines is 2. The van der Waals surface area contributed by atoms with Gasteiger partial charge in [0.15, 0.2) is 6.61 Å². The molecule has 8 nitrogen and oxygen atoms in total. The maximum atomic E-state index is 12.2. The molecule has 8 heteroatoms. The van der Waals surface area contributed by atoms with E-state index in [0.29, 0.717) is 43.6 Å². The zero-order valence-corrected chi connectivity index (χ0v) is 16.8. The number of nitrogens with one attached hydrogen (secondary N) is 1. The Morgan fingerprint density at radius 3 is 2.74 bits per heavy atom. The van der Waals surface area contributed by atoms with Crippen LogP contribution in [0.3, 0.4) is 0 Å². The molecule has 1 N–H and O–H groups in total. The van der Waals surface area contributed by atoms with E-state index in [2.05, 4.69) is 21.4 Å². The van der Waals surface area contributed by atoms with Crippen LogP contribution in [0.1, 0.15) is 5.56 Å². The summed E-state index contributed by atoms with van der Waals surface area (Å²) in [6, 6.07) is 18.4. The van der Waals surface area contributed by atoms with Crippen LogP contribution in [0.15, 0.2) is 60.8 Å². The second-order valence-electron chi connectivity index (χ2n) is 6.89. The Kier molecular flexibility index (Phi) is 6.35. The van der Waals surface area contributed by atoms with E-state index in [-0.39, 0.29) is 12.5 Å². The van der Waals surface area contributed by atoms with E-state index in [0.717, 1.165) is 16.9 Å². The Morgan fingerprint density at radius 2 is 1.97 bits per heavy atom. The largest absolute Gasteiger partial charge is 0.484 e. The van der Waals surface area contributed by atoms with Crippen LogP contribution in [0, 0.1) is 11.3 Å². The van der Waals surface area contributed by atoms with Gasteiger partial charge < -0.3 is 19.7 Å². The van der Waals surface area contributed by atoms with Crippen molar-refractivity contribution in [1.29, 1.82) is 5.26 Å². The average Bonchev–Trinajstić information content (AvgIpc) is 2.84. The molecule has 1 saturated heterocycles. The number of benzene rings is 2. The molecule has 3 aromatic rings. The molecule has 1 aliphatic rings. The Morgan fingerprint density at radius 1 is 1.16 bits per heavy atom. The van der Waals surface area contributed by atoms with Crippen molar-refractivity contribution >= 4 is 17.5 Å². The maximum absolute atomic E-state index is 12.2. The number of nitriles is 1. The third kappa shape index (κ3) is 5.35. The quantitative estimate of drug-likeness (QED) is 0.660. The molecule has 0 saturated carbocycles. The van der Waals surface area contributed by atoms with Crippen molar-refractivity contribution in [1.82, 2.24) is 14.9 Å². The lowest BCUT2D eigenvalue weighted by Crippen LogP contribution is -2.42. The van der Waals surface area contributed by atoms with Crippen LogP contribution in [0.2, 0.25) is 0 Å². The van der Waals surface area contributed by atoms with E-state index in [1.54, 1.807) is 41.4 Å². The number of carbonyl (C=O) groups excluding carboxylic acids is 1. The van der Waals surface area contributed by atoms with Crippen LogP contribution >= 0.6 is 0 Å². The zero-order chi connectivity index (χ0) is 21.5. The standard InChI is InChI=1S/C23H21N5O3/c24-15-17-2-1-3-18(14-17)21-8-9-25-23(27-21)26-19-4-6-20(7-5-19)31-16-22(29)28-10-12-30-13-11-28/h1-9,14H,10-13,16H2,(H,25,26,27). The fraction of sp³-hybridized carbons (Fsp3) is 0.217. The lowest BCUT2D eigenvalue weighted by molar-refractivity contribution is -0.137. The molecule has 0 unspecified atom stereocenters. The summed E-state index contributed by atoms with van der Waals surface area (Å²) >= 11 is 0. The molecular formula is C23H21N5O3. The number of amides is 1. The van der Waals surface area contributed by atoms with Gasteiger partial charge in [0, 0.05) is 30.5 Å². The molecule has 31 heavy (non-hydrogen) atoms. The summed E-state index contributed by atoms with van der Waals surface area (Å²) in [5.41, 5.74) is 2.93. The van der Waals surface area contributed by atoms with Gasteiger partial charge in [-0.25, -0.2) is 9.97 Å². The first-order chi connectivity index (χ1) is 15.2. The van der Waals surface area contributed by atoms with Gasteiger partial charge in [0.2, 0.25) is 5.95 Å². The monoisotopic (exact) mass is 415 g/mol. The Bertz CT molecular complexity index is 1090. The average molecular weight is 415 g/mol. The predicted molar refractivity (Wildman–Crippen MR) is 115 cm³/mol. The van der Waals surface area contributed by atoms with Crippen LogP contribution in [-0.4, -0.2) is 53.7 Å². The Balaban J connectivity index is 1.36. The number of ether oxygens (including phenoxy) is 2.